The number of benzene rings is 2. The van der Waals surface area contributed by atoms with Gasteiger partial charge in [-0.2, -0.15) is 0 Å². The Morgan fingerprint density at radius 2 is 1.93 bits per heavy atom. The Kier molecular flexibility index (Phi) is 5.18. The topological polar surface area (TPSA) is 49.8 Å². The van der Waals surface area contributed by atoms with Gasteiger partial charge in [0.15, 0.2) is 0 Å². The molecule has 0 amide bonds. The fourth-order valence-electron chi connectivity index (χ4n) is 4.09. The molecule has 0 unspecified atom stereocenters. The van der Waals surface area contributed by atoms with Crippen LogP contribution in [-0.4, -0.2) is 15.5 Å². The second kappa shape index (κ2) is 7.51. The van der Waals surface area contributed by atoms with E-state index in [0.717, 1.165) is 23.4 Å². The summed E-state index contributed by atoms with van der Waals surface area (Å²) in [4.78, 5) is 9.08. The number of fused-ring (bicyclic) bond motifs is 1. The molecule has 1 aliphatic rings. The number of rotatable bonds is 3. The van der Waals surface area contributed by atoms with E-state index in [1.165, 1.54) is 16.8 Å². The van der Waals surface area contributed by atoms with Gasteiger partial charge in [-0.05, 0) is 80.6 Å². The van der Waals surface area contributed by atoms with Crippen LogP contribution in [0.5, 0.6) is 0 Å². The van der Waals surface area contributed by atoms with Crippen LogP contribution in [0.3, 0.4) is 0 Å². The number of hydrogen-bond donors (Lipinski definition) is 2. The summed E-state index contributed by atoms with van der Waals surface area (Å²) in [6, 6.07) is 11.7. The van der Waals surface area contributed by atoms with Crippen molar-refractivity contribution in [3.05, 3.63) is 63.8 Å². The third-order valence-corrected chi connectivity index (χ3v) is 5.87. The molecule has 4 rings (SSSR count). The summed E-state index contributed by atoms with van der Waals surface area (Å²) in [5.41, 5.74) is 6.54. The molecule has 0 fully saturated rings. The van der Waals surface area contributed by atoms with Gasteiger partial charge in [-0.15, -0.1) is 0 Å². The first kappa shape index (κ1) is 20.0. The Hall–Kier alpha value is -2.30. The van der Waals surface area contributed by atoms with Crippen LogP contribution in [0.2, 0.25) is 10.0 Å². The monoisotopic (exact) mass is 426 g/mol. The van der Waals surface area contributed by atoms with Gasteiger partial charge in [0.2, 0.25) is 5.95 Å². The second-order valence-corrected chi connectivity index (χ2v) is 9.23. The predicted molar refractivity (Wildman–Crippen MR) is 123 cm³/mol. The van der Waals surface area contributed by atoms with Gasteiger partial charge >= 0.3 is 0 Å². The van der Waals surface area contributed by atoms with E-state index in [0.29, 0.717) is 21.9 Å². The molecule has 4 nitrogen and oxygen atoms in total. The number of anilines is 3. The van der Waals surface area contributed by atoms with Crippen LogP contribution in [0.25, 0.3) is 11.3 Å². The maximum absolute atomic E-state index is 6.27. The molecule has 150 valence electrons. The molecule has 1 aliphatic heterocycles. The number of aromatic nitrogens is 2. The largest absolute Gasteiger partial charge is 0.380 e. The molecule has 6 heteroatoms. The van der Waals surface area contributed by atoms with Crippen LogP contribution in [0, 0.1) is 6.92 Å². The molecule has 0 aliphatic carbocycles. The first-order valence-electron chi connectivity index (χ1n) is 9.70. The second-order valence-electron chi connectivity index (χ2n) is 8.38. The highest BCUT2D eigenvalue weighted by Gasteiger charge is 2.29. The number of aryl methyl sites for hydroxylation is 1. The molecule has 0 radical (unpaired) electrons. The van der Waals surface area contributed by atoms with Gasteiger partial charge in [0, 0.05) is 28.0 Å². The highest BCUT2D eigenvalue weighted by molar-refractivity contribution is 6.36. The Labute approximate surface area is 181 Å². The molecular weight excluding hydrogens is 403 g/mol. The first-order valence-corrected chi connectivity index (χ1v) is 10.5. The van der Waals surface area contributed by atoms with E-state index in [1.807, 2.05) is 12.1 Å². The molecule has 0 bridgehead atoms. The minimum absolute atomic E-state index is 0.101. The van der Waals surface area contributed by atoms with Crippen molar-refractivity contribution in [2.45, 2.75) is 45.6 Å². The fraction of sp³-hybridized carbons (Fsp3) is 0.304. The molecule has 29 heavy (non-hydrogen) atoms. The van der Waals surface area contributed by atoms with Gasteiger partial charge in [-0.1, -0.05) is 30.1 Å². The van der Waals surface area contributed by atoms with Crippen LogP contribution in [0.1, 0.15) is 44.2 Å². The van der Waals surface area contributed by atoms with E-state index in [1.54, 1.807) is 18.3 Å². The van der Waals surface area contributed by atoms with Crippen molar-refractivity contribution < 1.29 is 0 Å². The standard InChI is InChI=1S/C23H24Cl2N4/c1-13-9-21-17(14(2)12-23(3,4)29-21)11-16(13)19-7-8-26-22(27-19)28-20-6-5-15(24)10-18(20)25/h5-11,14,29H,12H2,1-4H3,(H,26,27,28)/t14-/m1/s1. The van der Waals surface area contributed by atoms with Crippen LogP contribution in [-0.2, 0) is 0 Å². The van der Waals surface area contributed by atoms with E-state index in [2.05, 4.69) is 55.4 Å². The normalized spacial score (nSPS) is 17.4. The minimum Gasteiger partial charge on any atom is -0.380 e. The average Bonchev–Trinajstić information content (AvgIpc) is 2.63. The lowest BCUT2D eigenvalue weighted by molar-refractivity contribution is 0.454. The highest BCUT2D eigenvalue weighted by Crippen LogP contribution is 2.41. The van der Waals surface area contributed by atoms with Crippen LogP contribution in [0.15, 0.2) is 42.6 Å². The van der Waals surface area contributed by atoms with Crippen molar-refractivity contribution in [3.8, 4) is 11.3 Å². The van der Waals surface area contributed by atoms with Crippen molar-refractivity contribution in [1.82, 2.24) is 9.97 Å². The third-order valence-electron chi connectivity index (χ3n) is 5.33. The van der Waals surface area contributed by atoms with Crippen molar-refractivity contribution in [3.63, 3.8) is 0 Å². The summed E-state index contributed by atoms with van der Waals surface area (Å²) in [5, 5.41) is 7.97. The molecule has 1 atom stereocenters. The zero-order valence-corrected chi connectivity index (χ0v) is 18.5. The van der Waals surface area contributed by atoms with E-state index >= 15 is 0 Å². The summed E-state index contributed by atoms with van der Waals surface area (Å²) in [7, 11) is 0. The van der Waals surface area contributed by atoms with Gasteiger partial charge in [0.05, 0.1) is 16.4 Å². The van der Waals surface area contributed by atoms with Gasteiger partial charge < -0.3 is 10.6 Å². The number of hydrogen-bond acceptors (Lipinski definition) is 4. The van der Waals surface area contributed by atoms with Crippen molar-refractivity contribution >= 4 is 40.5 Å². The van der Waals surface area contributed by atoms with Gasteiger partial charge in [0.25, 0.3) is 0 Å². The minimum atomic E-state index is 0.101. The number of nitrogens with zero attached hydrogens (tertiary/aromatic N) is 2. The molecule has 2 N–H and O–H groups in total. The molecule has 3 aromatic rings. The third kappa shape index (κ3) is 4.19. The Morgan fingerprint density at radius 3 is 2.69 bits per heavy atom. The average molecular weight is 427 g/mol. The van der Waals surface area contributed by atoms with E-state index < -0.39 is 0 Å². The molecule has 2 heterocycles. The lowest BCUT2D eigenvalue weighted by Crippen LogP contribution is -2.36. The van der Waals surface area contributed by atoms with Crippen LogP contribution < -0.4 is 10.6 Å². The van der Waals surface area contributed by atoms with Gasteiger partial charge in [-0.3, -0.25) is 0 Å². The predicted octanol–water partition coefficient (Wildman–Crippen LogP) is 7.20. The SMILES string of the molecule is Cc1cc2c(cc1-c1ccnc(Nc3ccc(Cl)cc3Cl)n1)[C@H](C)CC(C)(C)N2. The summed E-state index contributed by atoms with van der Waals surface area (Å²) < 4.78 is 0. The quantitative estimate of drug-likeness (QED) is 0.464. The molecule has 2 aromatic carbocycles. The highest BCUT2D eigenvalue weighted by atomic mass is 35.5. The van der Waals surface area contributed by atoms with Crippen molar-refractivity contribution in [1.29, 1.82) is 0 Å². The zero-order chi connectivity index (χ0) is 20.8. The van der Waals surface area contributed by atoms with Crippen molar-refractivity contribution in [2.75, 3.05) is 10.6 Å². The Bertz CT molecular complexity index is 1080. The lowest BCUT2D eigenvalue weighted by Gasteiger charge is -2.38. The Balaban J connectivity index is 1.69. The van der Waals surface area contributed by atoms with E-state index in [9.17, 15) is 0 Å². The number of halogens is 2. The molecular formula is C23H24Cl2N4. The number of nitrogens with one attached hydrogen (secondary N) is 2. The van der Waals surface area contributed by atoms with E-state index in [4.69, 9.17) is 28.2 Å². The maximum Gasteiger partial charge on any atom is 0.227 e. The van der Waals surface area contributed by atoms with Gasteiger partial charge in [0.1, 0.15) is 0 Å². The molecule has 0 saturated heterocycles. The summed E-state index contributed by atoms with van der Waals surface area (Å²) in [6.45, 7) is 8.91. The van der Waals surface area contributed by atoms with Crippen LogP contribution in [0.4, 0.5) is 17.3 Å². The lowest BCUT2D eigenvalue weighted by atomic mass is 9.80. The molecule has 0 saturated carbocycles. The molecule has 1 aromatic heterocycles. The van der Waals surface area contributed by atoms with Gasteiger partial charge in [-0.25, -0.2) is 9.97 Å². The van der Waals surface area contributed by atoms with E-state index in [-0.39, 0.29) is 5.54 Å². The Morgan fingerprint density at radius 1 is 1.14 bits per heavy atom. The first-order chi connectivity index (χ1) is 13.7. The summed E-state index contributed by atoms with van der Waals surface area (Å²) in [5.74, 6) is 0.976. The molecule has 0 spiro atoms. The van der Waals surface area contributed by atoms with Crippen molar-refractivity contribution in [2.24, 2.45) is 0 Å². The fourth-order valence-corrected chi connectivity index (χ4v) is 4.54. The summed E-state index contributed by atoms with van der Waals surface area (Å²) in [6.07, 6.45) is 2.85. The zero-order valence-electron chi connectivity index (χ0n) is 17.0. The summed E-state index contributed by atoms with van der Waals surface area (Å²) >= 11 is 12.3. The van der Waals surface area contributed by atoms with Crippen LogP contribution >= 0.6 is 23.2 Å². The maximum atomic E-state index is 6.27. The smallest absolute Gasteiger partial charge is 0.227 e.